The lowest BCUT2D eigenvalue weighted by molar-refractivity contribution is -0.140. The van der Waals surface area contributed by atoms with E-state index in [2.05, 4.69) is 4.98 Å². The van der Waals surface area contributed by atoms with Crippen molar-refractivity contribution >= 4 is 9.84 Å². The summed E-state index contributed by atoms with van der Waals surface area (Å²) in [6.45, 7) is 1.09. The molecule has 0 amide bonds. The summed E-state index contributed by atoms with van der Waals surface area (Å²) >= 11 is 0. The van der Waals surface area contributed by atoms with Gasteiger partial charge >= 0.3 is 12.4 Å². The second-order valence-corrected chi connectivity index (χ2v) is 10.1. The standard InChI is InChI=1S/C20H19F6NO4S/c1-18(32(28,29)13-5-3-4-12(8-13)19(21,22)23)6-7-31-16(10-18)14-11-27-17(30-2)9-15(14)20(24,25)26/h3-5,8-9,11,16H,6-7,10H2,1-2H3. The van der Waals surface area contributed by atoms with Crippen LogP contribution in [0.25, 0.3) is 0 Å². The Hall–Kier alpha value is -2.34. The third-order valence-corrected chi connectivity index (χ3v) is 8.00. The van der Waals surface area contributed by atoms with E-state index in [1.807, 2.05) is 0 Å². The molecule has 0 bridgehead atoms. The number of hydrogen-bond donors (Lipinski definition) is 0. The lowest BCUT2D eigenvalue weighted by atomic mass is 9.91. The molecule has 1 fully saturated rings. The zero-order valence-corrected chi connectivity index (χ0v) is 17.7. The van der Waals surface area contributed by atoms with Crippen LogP contribution in [0.15, 0.2) is 41.4 Å². The highest BCUT2D eigenvalue weighted by atomic mass is 32.2. The number of ether oxygens (including phenoxy) is 2. The lowest BCUT2D eigenvalue weighted by Crippen LogP contribution is -2.42. The number of nitrogens with zero attached hydrogens (tertiary/aromatic N) is 1. The SMILES string of the molecule is COc1cc(C(F)(F)F)c(C2CC(C)(S(=O)(=O)c3cccc(C(F)(F)F)c3)CCO2)cn1. The predicted octanol–water partition coefficient (Wildman–Crippen LogP) is 5.21. The minimum absolute atomic E-state index is 0.104. The second-order valence-electron chi connectivity index (χ2n) is 7.60. The van der Waals surface area contributed by atoms with Gasteiger partial charge in [0.15, 0.2) is 9.84 Å². The molecule has 1 aromatic heterocycles. The molecule has 176 valence electrons. The van der Waals surface area contributed by atoms with Crippen LogP contribution in [0.5, 0.6) is 5.88 Å². The minimum atomic E-state index is -4.79. The molecule has 1 aliphatic rings. The minimum Gasteiger partial charge on any atom is -0.481 e. The van der Waals surface area contributed by atoms with E-state index in [0.29, 0.717) is 12.1 Å². The average molecular weight is 483 g/mol. The van der Waals surface area contributed by atoms with Crippen LogP contribution in [-0.4, -0.2) is 31.9 Å². The topological polar surface area (TPSA) is 65.5 Å². The van der Waals surface area contributed by atoms with Crippen molar-refractivity contribution < 1.29 is 44.2 Å². The number of benzene rings is 1. The molecule has 0 spiro atoms. The van der Waals surface area contributed by atoms with Crippen molar-refractivity contribution in [3.05, 3.63) is 53.2 Å². The number of aromatic nitrogens is 1. The first-order valence-electron chi connectivity index (χ1n) is 9.34. The maximum atomic E-state index is 13.6. The van der Waals surface area contributed by atoms with E-state index in [1.54, 1.807) is 0 Å². The van der Waals surface area contributed by atoms with E-state index >= 15 is 0 Å². The Morgan fingerprint density at radius 1 is 1.12 bits per heavy atom. The van der Waals surface area contributed by atoms with Crippen molar-refractivity contribution in [3.63, 3.8) is 0 Å². The number of alkyl halides is 6. The van der Waals surface area contributed by atoms with Crippen molar-refractivity contribution in [2.24, 2.45) is 0 Å². The van der Waals surface area contributed by atoms with Gasteiger partial charge in [-0.1, -0.05) is 6.07 Å². The number of rotatable bonds is 4. The van der Waals surface area contributed by atoms with Crippen LogP contribution < -0.4 is 4.74 Å². The van der Waals surface area contributed by atoms with Gasteiger partial charge in [-0.2, -0.15) is 26.3 Å². The summed E-state index contributed by atoms with van der Waals surface area (Å²) in [6.07, 6.45) is -10.4. The van der Waals surface area contributed by atoms with Gasteiger partial charge in [0, 0.05) is 24.4 Å². The Morgan fingerprint density at radius 3 is 2.41 bits per heavy atom. The summed E-state index contributed by atoms with van der Waals surface area (Å²) < 4.78 is 115. The molecule has 12 heteroatoms. The average Bonchev–Trinajstić information content (AvgIpc) is 2.72. The summed E-state index contributed by atoms with van der Waals surface area (Å²) in [5.41, 5.74) is -2.59. The zero-order chi connectivity index (χ0) is 23.9. The third kappa shape index (κ3) is 4.56. The van der Waals surface area contributed by atoms with Crippen LogP contribution in [-0.2, 0) is 26.9 Å². The van der Waals surface area contributed by atoms with Crippen molar-refractivity contribution in [1.29, 1.82) is 0 Å². The van der Waals surface area contributed by atoms with Crippen LogP contribution in [0.2, 0.25) is 0 Å². The van der Waals surface area contributed by atoms with E-state index in [0.717, 1.165) is 31.5 Å². The van der Waals surface area contributed by atoms with Crippen molar-refractivity contribution in [3.8, 4) is 5.88 Å². The number of sulfone groups is 1. The molecule has 32 heavy (non-hydrogen) atoms. The Morgan fingerprint density at radius 2 is 1.81 bits per heavy atom. The fourth-order valence-electron chi connectivity index (χ4n) is 3.60. The van der Waals surface area contributed by atoms with Gasteiger partial charge < -0.3 is 9.47 Å². The first kappa shape index (κ1) is 24.3. The van der Waals surface area contributed by atoms with Crippen LogP contribution in [0.4, 0.5) is 26.3 Å². The number of pyridine rings is 1. The highest BCUT2D eigenvalue weighted by molar-refractivity contribution is 7.92. The largest absolute Gasteiger partial charge is 0.481 e. The monoisotopic (exact) mass is 483 g/mol. The summed E-state index contributed by atoms with van der Waals surface area (Å²) in [7, 11) is -3.20. The molecule has 2 heterocycles. The van der Waals surface area contributed by atoms with Crippen LogP contribution in [0, 0.1) is 0 Å². The van der Waals surface area contributed by atoms with Crippen LogP contribution in [0.1, 0.15) is 42.6 Å². The summed E-state index contributed by atoms with van der Waals surface area (Å²) in [5, 5.41) is 0. The molecule has 2 aromatic rings. The van der Waals surface area contributed by atoms with E-state index in [-0.39, 0.29) is 24.5 Å². The Kier molecular flexibility index (Phi) is 6.24. The van der Waals surface area contributed by atoms with Gasteiger partial charge in [0.25, 0.3) is 0 Å². The fourth-order valence-corrected chi connectivity index (χ4v) is 5.43. The zero-order valence-electron chi connectivity index (χ0n) is 16.9. The molecule has 0 N–H and O–H groups in total. The summed E-state index contributed by atoms with van der Waals surface area (Å²) in [6, 6.07) is 3.97. The Bertz CT molecular complexity index is 1100. The quantitative estimate of drug-likeness (QED) is 0.559. The van der Waals surface area contributed by atoms with Crippen molar-refractivity contribution in [1.82, 2.24) is 4.98 Å². The first-order valence-corrected chi connectivity index (χ1v) is 10.8. The number of halogens is 6. The van der Waals surface area contributed by atoms with Crippen molar-refractivity contribution in [2.75, 3.05) is 13.7 Å². The maximum Gasteiger partial charge on any atom is 0.417 e. The van der Waals surface area contributed by atoms with Gasteiger partial charge in [-0.3, -0.25) is 0 Å². The van der Waals surface area contributed by atoms with E-state index in [1.165, 1.54) is 6.92 Å². The van der Waals surface area contributed by atoms with Gasteiger partial charge in [0.1, 0.15) is 0 Å². The molecular formula is C20H19F6NO4S. The van der Waals surface area contributed by atoms with Gasteiger partial charge in [-0.25, -0.2) is 13.4 Å². The smallest absolute Gasteiger partial charge is 0.417 e. The fraction of sp³-hybridized carbons (Fsp3) is 0.450. The molecule has 5 nitrogen and oxygen atoms in total. The molecule has 1 aliphatic heterocycles. The van der Waals surface area contributed by atoms with E-state index < -0.39 is 55.5 Å². The molecule has 0 radical (unpaired) electrons. The van der Waals surface area contributed by atoms with Gasteiger partial charge in [-0.15, -0.1) is 0 Å². The van der Waals surface area contributed by atoms with E-state index in [4.69, 9.17) is 9.47 Å². The molecule has 0 aliphatic carbocycles. The van der Waals surface area contributed by atoms with Crippen LogP contribution >= 0.6 is 0 Å². The highest BCUT2D eigenvalue weighted by Crippen LogP contribution is 2.45. The number of hydrogen-bond acceptors (Lipinski definition) is 5. The molecular weight excluding hydrogens is 464 g/mol. The molecule has 1 aromatic carbocycles. The van der Waals surface area contributed by atoms with Crippen molar-refractivity contribution in [2.45, 2.75) is 47.9 Å². The van der Waals surface area contributed by atoms with E-state index in [9.17, 15) is 34.8 Å². The summed E-state index contributed by atoms with van der Waals surface area (Å²) in [5.74, 6) is -0.281. The molecule has 0 saturated carbocycles. The Balaban J connectivity index is 2.02. The highest BCUT2D eigenvalue weighted by Gasteiger charge is 2.47. The van der Waals surface area contributed by atoms with Crippen LogP contribution in [0.3, 0.4) is 0 Å². The lowest BCUT2D eigenvalue weighted by Gasteiger charge is -2.38. The summed E-state index contributed by atoms with van der Waals surface area (Å²) in [4.78, 5) is 3.22. The molecule has 1 saturated heterocycles. The van der Waals surface area contributed by atoms with Gasteiger partial charge in [0.2, 0.25) is 5.88 Å². The molecule has 2 unspecified atom stereocenters. The second kappa shape index (κ2) is 8.22. The molecule has 3 rings (SSSR count). The van der Waals surface area contributed by atoms with Gasteiger partial charge in [0.05, 0.1) is 34.0 Å². The third-order valence-electron chi connectivity index (χ3n) is 5.46. The maximum absolute atomic E-state index is 13.6. The predicted molar refractivity (Wildman–Crippen MR) is 101 cm³/mol. The Labute approximate surface area is 180 Å². The molecule has 2 atom stereocenters. The van der Waals surface area contributed by atoms with Gasteiger partial charge in [-0.05, 0) is 38.0 Å². The number of methoxy groups -OCH3 is 1. The first-order chi connectivity index (χ1) is 14.7. The normalized spacial score (nSPS) is 22.6.